The van der Waals surface area contributed by atoms with E-state index >= 15 is 0 Å². The number of phenols is 1. The maximum absolute atomic E-state index is 10.2. The Hall–Kier alpha value is -3.95. The maximum atomic E-state index is 10.2. The first-order valence-electron chi connectivity index (χ1n) is 10.6. The first-order valence-corrected chi connectivity index (χ1v) is 10.6. The normalized spacial score (nSPS) is 10.8. The number of benzene rings is 3. The monoisotopic (exact) mass is 623 g/mol. The number of hydrogen-bond acceptors (Lipinski definition) is 4. The molecule has 3 aromatic heterocycles. The minimum Gasteiger partial charge on any atom is -0.507 e. The molecule has 3 aromatic carbocycles. The van der Waals surface area contributed by atoms with Crippen LogP contribution in [0.1, 0.15) is 0 Å². The van der Waals surface area contributed by atoms with Crippen LogP contribution in [0.5, 0.6) is 17.4 Å². The molecule has 1 N–H and O–H groups in total. The van der Waals surface area contributed by atoms with E-state index in [1.165, 1.54) is 0 Å². The Balaban J connectivity index is 0.00000241. The molecule has 0 aliphatic rings. The molecule has 168 valence electrons. The van der Waals surface area contributed by atoms with Gasteiger partial charge in [-0.05, 0) is 41.8 Å². The third-order valence-corrected chi connectivity index (χ3v) is 5.55. The predicted octanol–water partition coefficient (Wildman–Crippen LogP) is 6.54. The summed E-state index contributed by atoms with van der Waals surface area (Å²) in [4.78, 5) is 9.14. The van der Waals surface area contributed by atoms with Gasteiger partial charge in [0.05, 0.1) is 5.69 Å². The molecule has 5 nitrogen and oxygen atoms in total. The van der Waals surface area contributed by atoms with Crippen LogP contribution >= 0.6 is 0 Å². The van der Waals surface area contributed by atoms with Crippen LogP contribution in [-0.2, 0) is 21.1 Å². The zero-order chi connectivity index (χ0) is 22.2. The standard InChI is InChI=1S/C28H18N3O2.Pt/c32-26-12-4-2-9-22(26)23-10-7-14-28(30-23)33-19-15-16-21-20-8-1-3-11-24(20)31(25(21)18-19)27-13-5-6-17-29-27;/h1-17,32H;/q-1;. The number of rotatable bonds is 4. The Morgan fingerprint density at radius 1 is 0.765 bits per heavy atom. The molecule has 3 heterocycles. The van der Waals surface area contributed by atoms with Gasteiger partial charge in [-0.25, -0.2) is 9.97 Å². The van der Waals surface area contributed by atoms with E-state index in [-0.39, 0.29) is 26.8 Å². The van der Waals surface area contributed by atoms with Crippen LogP contribution in [0, 0.1) is 6.07 Å². The quantitative estimate of drug-likeness (QED) is 0.227. The van der Waals surface area contributed by atoms with Crippen molar-refractivity contribution >= 4 is 21.8 Å². The Kier molecular flexibility index (Phi) is 5.87. The molecular formula is C28H18N3O2Pt-. The number of hydrogen-bond donors (Lipinski definition) is 1. The molecule has 0 bridgehead atoms. The molecule has 0 aliphatic heterocycles. The van der Waals surface area contributed by atoms with Gasteiger partial charge in [-0.3, -0.25) is 0 Å². The van der Waals surface area contributed by atoms with Gasteiger partial charge in [-0.1, -0.05) is 48.0 Å². The van der Waals surface area contributed by atoms with Crippen molar-refractivity contribution in [1.29, 1.82) is 0 Å². The SMILES string of the molecule is Oc1ccccc1-c1cccc(Oc2[c-]c3c(cc2)c2ccccc2n3-c2ccccn2)n1.[Pt]. The molecule has 0 saturated heterocycles. The largest absolute Gasteiger partial charge is 0.507 e. The molecule has 0 spiro atoms. The molecule has 0 atom stereocenters. The van der Waals surface area contributed by atoms with Gasteiger partial charge in [-0.15, -0.1) is 17.5 Å². The van der Waals surface area contributed by atoms with Crippen molar-refractivity contribution in [3.05, 3.63) is 109 Å². The molecule has 34 heavy (non-hydrogen) atoms. The fourth-order valence-electron chi connectivity index (χ4n) is 4.08. The number of ether oxygens (including phenoxy) is 1. The number of aromatic hydroxyl groups is 1. The van der Waals surface area contributed by atoms with Gasteiger partial charge in [0.1, 0.15) is 11.6 Å². The van der Waals surface area contributed by atoms with Gasteiger partial charge in [0.25, 0.3) is 0 Å². The summed E-state index contributed by atoms with van der Waals surface area (Å²) < 4.78 is 8.18. The second-order valence-electron chi connectivity index (χ2n) is 7.61. The molecular weight excluding hydrogens is 605 g/mol. The summed E-state index contributed by atoms with van der Waals surface area (Å²) >= 11 is 0. The van der Waals surface area contributed by atoms with Crippen molar-refractivity contribution in [2.24, 2.45) is 0 Å². The smallest absolute Gasteiger partial charge is 0.217 e. The van der Waals surface area contributed by atoms with Crippen LogP contribution in [0.3, 0.4) is 0 Å². The minimum atomic E-state index is 0. The summed E-state index contributed by atoms with van der Waals surface area (Å²) in [6.07, 6.45) is 1.78. The fraction of sp³-hybridized carbons (Fsp3) is 0. The number of pyridine rings is 2. The molecule has 0 fully saturated rings. The van der Waals surface area contributed by atoms with Gasteiger partial charge in [0.2, 0.25) is 5.88 Å². The number of phenolic OH excluding ortho intramolecular Hbond substituents is 1. The minimum absolute atomic E-state index is 0. The molecule has 0 amide bonds. The van der Waals surface area contributed by atoms with E-state index in [4.69, 9.17) is 4.74 Å². The first kappa shape index (κ1) is 21.9. The Morgan fingerprint density at radius 2 is 1.59 bits per heavy atom. The second-order valence-corrected chi connectivity index (χ2v) is 7.61. The van der Waals surface area contributed by atoms with Gasteiger partial charge in [-0.2, -0.15) is 6.07 Å². The molecule has 0 aliphatic carbocycles. The van der Waals surface area contributed by atoms with Crippen LogP contribution < -0.4 is 4.74 Å². The second kappa shape index (κ2) is 9.12. The van der Waals surface area contributed by atoms with E-state index < -0.39 is 0 Å². The number of aromatic nitrogens is 3. The van der Waals surface area contributed by atoms with Gasteiger partial charge < -0.3 is 14.4 Å². The average molecular weight is 624 g/mol. The maximum Gasteiger partial charge on any atom is 0.217 e. The van der Waals surface area contributed by atoms with Crippen LogP contribution in [0.2, 0.25) is 0 Å². The summed E-state index contributed by atoms with van der Waals surface area (Å²) in [5, 5.41) is 12.4. The van der Waals surface area contributed by atoms with Crippen molar-refractivity contribution in [2.75, 3.05) is 0 Å². The van der Waals surface area contributed by atoms with E-state index in [1.807, 2.05) is 66.7 Å². The molecule has 0 unspecified atom stereocenters. The molecule has 6 rings (SSSR count). The fourth-order valence-corrected chi connectivity index (χ4v) is 4.08. The number of para-hydroxylation sites is 2. The van der Waals surface area contributed by atoms with Crippen molar-refractivity contribution in [3.8, 4) is 34.5 Å². The third kappa shape index (κ3) is 3.85. The first-order chi connectivity index (χ1) is 16.3. The van der Waals surface area contributed by atoms with Gasteiger partial charge >= 0.3 is 0 Å². The van der Waals surface area contributed by atoms with Crippen molar-refractivity contribution in [3.63, 3.8) is 0 Å². The average Bonchev–Trinajstić information content (AvgIpc) is 3.19. The number of nitrogens with zero attached hydrogens (tertiary/aromatic N) is 3. The predicted molar refractivity (Wildman–Crippen MR) is 129 cm³/mol. The summed E-state index contributed by atoms with van der Waals surface area (Å²) in [6.45, 7) is 0. The Bertz CT molecular complexity index is 1610. The zero-order valence-electron chi connectivity index (χ0n) is 17.8. The molecule has 6 aromatic rings. The Labute approximate surface area is 210 Å². The van der Waals surface area contributed by atoms with E-state index in [1.54, 1.807) is 24.4 Å². The van der Waals surface area contributed by atoms with Crippen molar-refractivity contribution in [1.82, 2.24) is 14.5 Å². The summed E-state index contributed by atoms with van der Waals surface area (Å²) in [6, 6.07) is 34.0. The van der Waals surface area contributed by atoms with Crippen molar-refractivity contribution < 1.29 is 30.9 Å². The molecule has 0 saturated carbocycles. The van der Waals surface area contributed by atoms with E-state index in [0.29, 0.717) is 22.9 Å². The van der Waals surface area contributed by atoms with Gasteiger partial charge in [0.15, 0.2) is 0 Å². The van der Waals surface area contributed by atoms with Crippen LogP contribution in [0.25, 0.3) is 38.9 Å². The summed E-state index contributed by atoms with van der Waals surface area (Å²) in [5.74, 6) is 1.96. The van der Waals surface area contributed by atoms with E-state index in [0.717, 1.165) is 27.6 Å². The zero-order valence-corrected chi connectivity index (χ0v) is 20.1. The molecule has 0 radical (unpaired) electrons. The Morgan fingerprint density at radius 3 is 2.44 bits per heavy atom. The third-order valence-electron chi connectivity index (χ3n) is 5.55. The van der Waals surface area contributed by atoms with E-state index in [2.05, 4.69) is 32.7 Å². The number of fused-ring (bicyclic) bond motifs is 3. The van der Waals surface area contributed by atoms with Crippen molar-refractivity contribution in [2.45, 2.75) is 0 Å². The van der Waals surface area contributed by atoms with E-state index in [9.17, 15) is 5.11 Å². The van der Waals surface area contributed by atoms with Gasteiger partial charge in [0, 0.05) is 50.2 Å². The molecule has 6 heteroatoms. The van der Waals surface area contributed by atoms with Crippen LogP contribution in [0.15, 0.2) is 103 Å². The van der Waals surface area contributed by atoms with Crippen LogP contribution in [0.4, 0.5) is 0 Å². The van der Waals surface area contributed by atoms with Crippen LogP contribution in [-0.4, -0.2) is 19.6 Å². The summed E-state index contributed by atoms with van der Waals surface area (Å²) in [7, 11) is 0. The topological polar surface area (TPSA) is 60.2 Å². The summed E-state index contributed by atoms with van der Waals surface area (Å²) in [5.41, 5.74) is 3.22.